The van der Waals surface area contributed by atoms with E-state index in [0.29, 0.717) is 18.8 Å². The number of hydrogen-bond donors (Lipinski definition) is 1. The predicted octanol–water partition coefficient (Wildman–Crippen LogP) is 5.78. The Bertz CT molecular complexity index is 1550. The molecule has 1 aromatic heterocycles. The second kappa shape index (κ2) is 12.0. The summed E-state index contributed by atoms with van der Waals surface area (Å²) in [5, 5.41) is 3.47. The third kappa shape index (κ3) is 5.67. The number of rotatable bonds is 8. The Morgan fingerprint density at radius 2 is 1.55 bits per heavy atom. The van der Waals surface area contributed by atoms with Gasteiger partial charge in [0.15, 0.2) is 5.69 Å². The lowest BCUT2D eigenvalue weighted by Crippen LogP contribution is -2.54. The predicted molar refractivity (Wildman–Crippen MR) is 158 cm³/mol. The summed E-state index contributed by atoms with van der Waals surface area (Å²) < 4.78 is 8.10. The third-order valence-electron chi connectivity index (χ3n) is 7.29. The fourth-order valence-electron chi connectivity index (χ4n) is 5.27. The van der Waals surface area contributed by atoms with Crippen LogP contribution >= 0.6 is 0 Å². The smallest absolute Gasteiger partial charge is 0.275 e. The van der Waals surface area contributed by atoms with Gasteiger partial charge in [0, 0.05) is 37.3 Å². The van der Waals surface area contributed by atoms with Crippen LogP contribution in [0.15, 0.2) is 122 Å². The summed E-state index contributed by atoms with van der Waals surface area (Å²) in [6, 6.07) is 38.5. The largest absolute Gasteiger partial charge is 0.489 e. The molecule has 0 bridgehead atoms. The maximum atomic E-state index is 14.2. The monoisotopic (exact) mass is 528 g/mol. The minimum atomic E-state index is -0.0449. The Morgan fingerprint density at radius 3 is 2.30 bits per heavy atom. The van der Waals surface area contributed by atoms with Gasteiger partial charge in [0.25, 0.3) is 5.91 Å². The van der Waals surface area contributed by atoms with Gasteiger partial charge in [-0.2, -0.15) is 0 Å². The van der Waals surface area contributed by atoms with Crippen LogP contribution < -0.4 is 10.1 Å². The van der Waals surface area contributed by atoms with Gasteiger partial charge in [-0.3, -0.25) is 9.36 Å². The lowest BCUT2D eigenvalue weighted by atomic mass is 10.0. The van der Waals surface area contributed by atoms with Crippen molar-refractivity contribution in [1.29, 1.82) is 0 Å². The molecule has 5 aromatic rings. The summed E-state index contributed by atoms with van der Waals surface area (Å²) >= 11 is 0. The number of aromatic nitrogens is 2. The zero-order valence-electron chi connectivity index (χ0n) is 22.3. The maximum absolute atomic E-state index is 14.2. The van der Waals surface area contributed by atoms with E-state index in [2.05, 4.69) is 17.4 Å². The Kier molecular flexibility index (Phi) is 7.69. The summed E-state index contributed by atoms with van der Waals surface area (Å²) in [7, 11) is 0. The topological polar surface area (TPSA) is 59.4 Å². The number of ether oxygens (including phenoxy) is 1. The molecule has 6 heteroatoms. The Balaban J connectivity index is 1.33. The molecule has 2 heterocycles. The Hall–Kier alpha value is -4.68. The Labute approximate surface area is 234 Å². The van der Waals surface area contributed by atoms with Gasteiger partial charge in [-0.15, -0.1) is 0 Å². The molecule has 1 N–H and O–H groups in total. The van der Waals surface area contributed by atoms with Crippen molar-refractivity contribution in [3.63, 3.8) is 0 Å². The number of imidazole rings is 1. The van der Waals surface area contributed by atoms with Crippen LogP contribution in [0.3, 0.4) is 0 Å². The molecule has 1 saturated heterocycles. The lowest BCUT2D eigenvalue weighted by molar-refractivity contribution is 0.0631. The van der Waals surface area contributed by atoms with Crippen molar-refractivity contribution in [3.8, 4) is 22.7 Å². The number of carbonyl (C=O) groups is 1. The highest BCUT2D eigenvalue weighted by molar-refractivity contribution is 5.99. The van der Waals surface area contributed by atoms with Gasteiger partial charge in [0.1, 0.15) is 18.7 Å². The van der Waals surface area contributed by atoms with Crippen LogP contribution in [0.25, 0.3) is 16.9 Å². The molecule has 0 aliphatic carbocycles. The first-order chi connectivity index (χ1) is 19.8. The number of piperazine rings is 1. The zero-order chi connectivity index (χ0) is 27.1. The minimum absolute atomic E-state index is 0.0449. The van der Waals surface area contributed by atoms with Crippen LogP contribution in [0.4, 0.5) is 0 Å². The molecule has 200 valence electrons. The van der Waals surface area contributed by atoms with Crippen molar-refractivity contribution in [2.24, 2.45) is 0 Å². The minimum Gasteiger partial charge on any atom is -0.489 e. The molecule has 0 radical (unpaired) electrons. The van der Waals surface area contributed by atoms with E-state index < -0.39 is 0 Å². The number of carbonyl (C=O) groups excluding carboxylic acids is 1. The highest BCUT2D eigenvalue weighted by Crippen LogP contribution is 2.30. The van der Waals surface area contributed by atoms with Gasteiger partial charge in [-0.05, 0) is 29.7 Å². The summed E-state index contributed by atoms with van der Waals surface area (Å²) in [5.41, 5.74) is 5.39. The van der Waals surface area contributed by atoms with Crippen molar-refractivity contribution in [2.45, 2.75) is 19.1 Å². The maximum Gasteiger partial charge on any atom is 0.275 e. The normalized spacial score (nSPS) is 15.1. The molecule has 6 nitrogen and oxygen atoms in total. The molecule has 6 rings (SSSR count). The molecule has 0 spiro atoms. The average molecular weight is 529 g/mol. The van der Waals surface area contributed by atoms with E-state index in [4.69, 9.17) is 9.72 Å². The van der Waals surface area contributed by atoms with E-state index in [0.717, 1.165) is 47.8 Å². The molecular formula is C34H32N4O2. The van der Waals surface area contributed by atoms with Gasteiger partial charge in [-0.25, -0.2) is 4.98 Å². The van der Waals surface area contributed by atoms with E-state index in [1.54, 1.807) is 6.33 Å². The fraction of sp³-hybridized carbons (Fsp3) is 0.176. The van der Waals surface area contributed by atoms with Crippen LogP contribution in [0.2, 0.25) is 0 Å². The molecule has 0 unspecified atom stereocenters. The molecule has 1 aliphatic heterocycles. The van der Waals surface area contributed by atoms with E-state index >= 15 is 0 Å². The van der Waals surface area contributed by atoms with E-state index in [1.165, 1.54) is 5.56 Å². The van der Waals surface area contributed by atoms with Gasteiger partial charge >= 0.3 is 0 Å². The lowest BCUT2D eigenvalue weighted by Gasteiger charge is -2.36. The van der Waals surface area contributed by atoms with Crippen molar-refractivity contribution >= 4 is 5.91 Å². The van der Waals surface area contributed by atoms with Crippen LogP contribution in [0.1, 0.15) is 21.6 Å². The summed E-state index contributed by atoms with van der Waals surface area (Å²) in [4.78, 5) is 20.9. The van der Waals surface area contributed by atoms with Gasteiger partial charge in [-0.1, -0.05) is 97.1 Å². The van der Waals surface area contributed by atoms with Crippen molar-refractivity contribution < 1.29 is 9.53 Å². The van der Waals surface area contributed by atoms with E-state index in [1.807, 2.05) is 113 Å². The number of hydrogen-bond acceptors (Lipinski definition) is 4. The first-order valence-electron chi connectivity index (χ1n) is 13.7. The summed E-state index contributed by atoms with van der Waals surface area (Å²) in [6.07, 6.45) is 2.54. The summed E-state index contributed by atoms with van der Waals surface area (Å²) in [6.45, 7) is 2.64. The number of amides is 1. The SMILES string of the molecule is O=C(c1ncn(-c2cccc(OCc3ccccc3)c2)c1-c1ccccc1)N1CCNC[C@H]1Cc1ccccc1. The average Bonchev–Trinajstić information content (AvgIpc) is 3.47. The highest BCUT2D eigenvalue weighted by atomic mass is 16.5. The fourth-order valence-corrected chi connectivity index (χ4v) is 5.27. The van der Waals surface area contributed by atoms with Crippen LogP contribution in [-0.2, 0) is 13.0 Å². The Morgan fingerprint density at radius 1 is 0.850 bits per heavy atom. The standard InChI is InChI=1S/C34H32N4O2/c39-34(37-20-19-35-23-30(37)21-26-11-4-1-5-12-26)32-33(28-15-8-3-9-16-28)38(25-36-32)29-17-10-18-31(22-29)40-24-27-13-6-2-7-14-27/h1-18,22,25,30,35H,19-21,23-24H2/t30-/m1/s1. The first kappa shape index (κ1) is 25.6. The van der Waals surface area contributed by atoms with Gasteiger partial charge in [0.05, 0.1) is 11.4 Å². The molecule has 1 amide bonds. The molecule has 4 aromatic carbocycles. The zero-order valence-corrected chi connectivity index (χ0v) is 22.3. The highest BCUT2D eigenvalue weighted by Gasteiger charge is 2.31. The molecule has 0 saturated carbocycles. The quantitative estimate of drug-likeness (QED) is 0.278. The third-order valence-corrected chi connectivity index (χ3v) is 7.29. The van der Waals surface area contributed by atoms with Crippen molar-refractivity contribution in [2.75, 3.05) is 19.6 Å². The second-order valence-electron chi connectivity index (χ2n) is 10.00. The van der Waals surface area contributed by atoms with Gasteiger partial charge in [0.2, 0.25) is 0 Å². The van der Waals surface area contributed by atoms with E-state index in [-0.39, 0.29) is 11.9 Å². The number of nitrogens with one attached hydrogen (secondary N) is 1. The number of benzene rings is 4. The molecule has 40 heavy (non-hydrogen) atoms. The van der Waals surface area contributed by atoms with Crippen LogP contribution in [0, 0.1) is 0 Å². The molecule has 1 atom stereocenters. The molecule has 1 fully saturated rings. The molecule has 1 aliphatic rings. The molecular weight excluding hydrogens is 496 g/mol. The number of nitrogens with zero attached hydrogens (tertiary/aromatic N) is 3. The van der Waals surface area contributed by atoms with Crippen molar-refractivity contribution in [3.05, 3.63) is 138 Å². The van der Waals surface area contributed by atoms with Crippen LogP contribution in [-0.4, -0.2) is 46.0 Å². The van der Waals surface area contributed by atoms with E-state index in [9.17, 15) is 4.79 Å². The summed E-state index contributed by atoms with van der Waals surface area (Å²) in [5.74, 6) is 0.712. The first-order valence-corrected chi connectivity index (χ1v) is 13.7. The van der Waals surface area contributed by atoms with Crippen LogP contribution in [0.5, 0.6) is 5.75 Å². The van der Waals surface area contributed by atoms with Crippen molar-refractivity contribution in [1.82, 2.24) is 19.8 Å². The second-order valence-corrected chi connectivity index (χ2v) is 10.00. The van der Waals surface area contributed by atoms with Gasteiger partial charge < -0.3 is 15.0 Å².